The molecular formula is C46H28N4O. The van der Waals surface area contributed by atoms with Crippen LogP contribution in [0.2, 0.25) is 0 Å². The molecule has 0 fully saturated rings. The van der Waals surface area contributed by atoms with Gasteiger partial charge in [0.25, 0.3) is 0 Å². The van der Waals surface area contributed by atoms with Crippen LogP contribution in [-0.2, 0) is 0 Å². The topological polar surface area (TPSA) is 64.7 Å². The van der Waals surface area contributed by atoms with E-state index >= 15 is 0 Å². The molecule has 0 saturated heterocycles. The number of pyridine rings is 1. The van der Waals surface area contributed by atoms with E-state index in [1.165, 1.54) is 10.9 Å². The molecule has 0 radical (unpaired) electrons. The van der Waals surface area contributed by atoms with Crippen molar-refractivity contribution in [2.45, 2.75) is 0 Å². The molecule has 0 N–H and O–H groups in total. The van der Waals surface area contributed by atoms with Crippen LogP contribution in [0.5, 0.6) is 0 Å². The zero-order chi connectivity index (χ0) is 33.7. The van der Waals surface area contributed by atoms with Gasteiger partial charge in [-0.05, 0) is 57.8 Å². The Balaban J connectivity index is 1.22. The molecule has 51 heavy (non-hydrogen) atoms. The van der Waals surface area contributed by atoms with Gasteiger partial charge in [-0.3, -0.25) is 4.98 Å². The summed E-state index contributed by atoms with van der Waals surface area (Å²) < 4.78 is 6.79. The Morgan fingerprint density at radius 1 is 0.392 bits per heavy atom. The molecule has 0 aliphatic rings. The van der Waals surface area contributed by atoms with Crippen LogP contribution in [0.25, 0.3) is 100 Å². The molecule has 10 rings (SSSR count). The molecule has 0 bridgehead atoms. The van der Waals surface area contributed by atoms with E-state index in [9.17, 15) is 0 Å². The number of aromatic nitrogens is 4. The average molecular weight is 653 g/mol. The van der Waals surface area contributed by atoms with Crippen LogP contribution in [0.1, 0.15) is 0 Å². The third-order valence-corrected chi connectivity index (χ3v) is 9.56. The molecule has 10 aromatic rings. The first-order valence-electron chi connectivity index (χ1n) is 17.0. The van der Waals surface area contributed by atoms with E-state index in [2.05, 4.69) is 120 Å². The van der Waals surface area contributed by atoms with E-state index in [4.69, 9.17) is 19.4 Å². The average Bonchev–Trinajstić information content (AvgIpc) is 3.58. The molecule has 0 aliphatic heterocycles. The van der Waals surface area contributed by atoms with Gasteiger partial charge >= 0.3 is 0 Å². The van der Waals surface area contributed by atoms with Crippen molar-refractivity contribution >= 4 is 43.6 Å². The summed E-state index contributed by atoms with van der Waals surface area (Å²) >= 11 is 0. The summed E-state index contributed by atoms with van der Waals surface area (Å²) in [4.78, 5) is 20.0. The predicted molar refractivity (Wildman–Crippen MR) is 207 cm³/mol. The van der Waals surface area contributed by atoms with Gasteiger partial charge in [-0.25, -0.2) is 15.0 Å². The van der Waals surface area contributed by atoms with Crippen LogP contribution < -0.4 is 0 Å². The van der Waals surface area contributed by atoms with Gasteiger partial charge in [-0.1, -0.05) is 127 Å². The Hall–Kier alpha value is -6.98. The molecule has 0 atom stereocenters. The Morgan fingerprint density at radius 2 is 1.00 bits per heavy atom. The van der Waals surface area contributed by atoms with E-state index in [1.807, 2.05) is 54.7 Å². The van der Waals surface area contributed by atoms with E-state index in [1.54, 1.807) is 0 Å². The third-order valence-electron chi connectivity index (χ3n) is 9.56. The van der Waals surface area contributed by atoms with E-state index in [-0.39, 0.29) is 0 Å². The van der Waals surface area contributed by atoms with Gasteiger partial charge in [-0.15, -0.1) is 0 Å². The monoisotopic (exact) mass is 652 g/mol. The number of hydrogen-bond donors (Lipinski definition) is 0. The van der Waals surface area contributed by atoms with Gasteiger partial charge in [0.2, 0.25) is 0 Å². The van der Waals surface area contributed by atoms with Crippen LogP contribution >= 0.6 is 0 Å². The maximum atomic E-state index is 6.79. The van der Waals surface area contributed by atoms with Gasteiger partial charge in [0.15, 0.2) is 17.5 Å². The Labute approximate surface area is 293 Å². The van der Waals surface area contributed by atoms with Crippen molar-refractivity contribution in [3.63, 3.8) is 0 Å². The van der Waals surface area contributed by atoms with Crippen molar-refractivity contribution in [3.8, 4) is 56.4 Å². The van der Waals surface area contributed by atoms with Gasteiger partial charge < -0.3 is 4.42 Å². The molecule has 3 aromatic heterocycles. The van der Waals surface area contributed by atoms with E-state index < -0.39 is 0 Å². The molecule has 0 unspecified atom stereocenters. The maximum absolute atomic E-state index is 6.79. The fraction of sp³-hybridized carbons (Fsp3) is 0. The second-order valence-corrected chi connectivity index (χ2v) is 12.7. The van der Waals surface area contributed by atoms with Crippen molar-refractivity contribution < 1.29 is 4.42 Å². The normalized spacial score (nSPS) is 11.5. The smallest absolute Gasteiger partial charge is 0.164 e. The first kappa shape index (κ1) is 29.0. The molecule has 0 amide bonds. The standard InChI is InChI=1S/C46H28N4O/c1-3-10-29(11-4-1)31-17-20-32(21-18-31)37-23-24-38(42-39-27-35-16-9-25-47-40(35)28-41(39)51-43(37)42)46-49-44(33-13-5-2-6-14-33)48-45(50-46)36-22-19-30-12-7-8-15-34(30)26-36/h1-28H. The summed E-state index contributed by atoms with van der Waals surface area (Å²) in [5.41, 5.74) is 9.53. The van der Waals surface area contributed by atoms with E-state index in [0.29, 0.717) is 17.5 Å². The summed E-state index contributed by atoms with van der Waals surface area (Å²) in [7, 11) is 0. The first-order chi connectivity index (χ1) is 25.2. The molecule has 5 heteroatoms. The van der Waals surface area contributed by atoms with Crippen LogP contribution in [0.3, 0.4) is 0 Å². The molecule has 7 aromatic carbocycles. The zero-order valence-corrected chi connectivity index (χ0v) is 27.4. The van der Waals surface area contributed by atoms with Gasteiger partial charge in [0.05, 0.1) is 5.52 Å². The second kappa shape index (κ2) is 11.9. The zero-order valence-electron chi connectivity index (χ0n) is 27.4. The van der Waals surface area contributed by atoms with Gasteiger partial charge in [-0.2, -0.15) is 0 Å². The number of rotatable bonds is 5. The molecule has 5 nitrogen and oxygen atoms in total. The van der Waals surface area contributed by atoms with Gasteiger partial charge in [0, 0.05) is 50.7 Å². The highest BCUT2D eigenvalue weighted by molar-refractivity contribution is 6.18. The van der Waals surface area contributed by atoms with Gasteiger partial charge in [0.1, 0.15) is 11.2 Å². The quantitative estimate of drug-likeness (QED) is 0.185. The Morgan fingerprint density at radius 3 is 1.80 bits per heavy atom. The SMILES string of the molecule is c1ccc(-c2ccc(-c3ccc(-c4nc(-c5ccccc5)nc(-c5ccc6ccccc6c5)n4)c4c3oc3cc5ncccc5cc34)cc2)cc1. The lowest BCUT2D eigenvalue weighted by molar-refractivity contribution is 0.670. The summed E-state index contributed by atoms with van der Waals surface area (Å²) in [6, 6.07) is 56.3. The number of hydrogen-bond acceptors (Lipinski definition) is 5. The second-order valence-electron chi connectivity index (χ2n) is 12.7. The first-order valence-corrected chi connectivity index (χ1v) is 17.0. The van der Waals surface area contributed by atoms with Crippen LogP contribution in [0.15, 0.2) is 174 Å². The van der Waals surface area contributed by atoms with Crippen molar-refractivity contribution in [1.29, 1.82) is 0 Å². The Bertz CT molecular complexity index is 2900. The number of nitrogens with zero attached hydrogens (tertiary/aromatic N) is 4. The summed E-state index contributed by atoms with van der Waals surface area (Å²) in [5, 5.41) is 5.27. The van der Waals surface area contributed by atoms with Crippen LogP contribution in [0, 0.1) is 0 Å². The Kier molecular flexibility index (Phi) is 6.74. The number of furan rings is 1. The number of benzene rings is 7. The minimum absolute atomic E-state index is 0.581. The van der Waals surface area contributed by atoms with E-state index in [0.717, 1.165) is 71.6 Å². The fourth-order valence-corrected chi connectivity index (χ4v) is 7.00. The third kappa shape index (κ3) is 5.11. The summed E-state index contributed by atoms with van der Waals surface area (Å²) in [6.45, 7) is 0. The van der Waals surface area contributed by atoms with Crippen LogP contribution in [0.4, 0.5) is 0 Å². The highest BCUT2D eigenvalue weighted by Gasteiger charge is 2.21. The molecule has 3 heterocycles. The fourth-order valence-electron chi connectivity index (χ4n) is 7.00. The minimum Gasteiger partial charge on any atom is -0.455 e. The molecule has 0 spiro atoms. The molecule has 238 valence electrons. The number of fused-ring (bicyclic) bond motifs is 5. The van der Waals surface area contributed by atoms with Crippen LogP contribution in [-0.4, -0.2) is 19.9 Å². The molecular weight excluding hydrogens is 625 g/mol. The molecule has 0 saturated carbocycles. The highest BCUT2D eigenvalue weighted by Crippen LogP contribution is 2.43. The minimum atomic E-state index is 0.581. The lowest BCUT2D eigenvalue weighted by Crippen LogP contribution is -2.00. The molecule has 0 aliphatic carbocycles. The van der Waals surface area contributed by atoms with Crippen molar-refractivity contribution in [2.75, 3.05) is 0 Å². The summed E-state index contributed by atoms with van der Waals surface area (Å²) in [6.07, 6.45) is 1.81. The maximum Gasteiger partial charge on any atom is 0.164 e. The largest absolute Gasteiger partial charge is 0.455 e. The predicted octanol–water partition coefficient (Wildman–Crippen LogP) is 11.8. The van der Waals surface area contributed by atoms with Crippen molar-refractivity contribution in [1.82, 2.24) is 19.9 Å². The lowest BCUT2D eigenvalue weighted by atomic mass is 9.96. The highest BCUT2D eigenvalue weighted by atomic mass is 16.3. The summed E-state index contributed by atoms with van der Waals surface area (Å²) in [5.74, 6) is 1.80. The lowest BCUT2D eigenvalue weighted by Gasteiger charge is -2.11. The van der Waals surface area contributed by atoms with Crippen molar-refractivity contribution in [2.24, 2.45) is 0 Å². The van der Waals surface area contributed by atoms with Crippen molar-refractivity contribution in [3.05, 3.63) is 170 Å².